The lowest BCUT2D eigenvalue weighted by atomic mass is 9.99. The van der Waals surface area contributed by atoms with E-state index in [1.165, 1.54) is 25.9 Å². The normalized spacial score (nSPS) is 23.3. The van der Waals surface area contributed by atoms with Crippen molar-refractivity contribution < 1.29 is 4.74 Å². The Morgan fingerprint density at radius 2 is 2.08 bits per heavy atom. The van der Waals surface area contributed by atoms with Crippen molar-refractivity contribution in [3.05, 3.63) is 0 Å². The molecule has 0 aliphatic carbocycles. The van der Waals surface area contributed by atoms with E-state index in [1.54, 1.807) is 7.11 Å². The average Bonchev–Trinajstić information content (AvgIpc) is 2.17. The zero-order valence-corrected chi connectivity index (χ0v) is 8.83. The quantitative estimate of drug-likeness (QED) is 0.702. The Morgan fingerprint density at radius 1 is 1.46 bits per heavy atom. The van der Waals surface area contributed by atoms with Crippen LogP contribution in [0.25, 0.3) is 0 Å². The minimum Gasteiger partial charge on any atom is -0.379 e. The van der Waals surface area contributed by atoms with E-state index in [2.05, 4.69) is 11.8 Å². The van der Waals surface area contributed by atoms with Gasteiger partial charge >= 0.3 is 0 Å². The summed E-state index contributed by atoms with van der Waals surface area (Å²) in [6, 6.07) is 0. The summed E-state index contributed by atoms with van der Waals surface area (Å²) in [6.45, 7) is 6.37. The Balaban J connectivity index is 2.21. The molecule has 3 nitrogen and oxygen atoms in total. The summed E-state index contributed by atoms with van der Waals surface area (Å²) in [5, 5.41) is 0. The van der Waals surface area contributed by atoms with Gasteiger partial charge in [-0.3, -0.25) is 0 Å². The first-order chi connectivity index (χ1) is 6.26. The van der Waals surface area contributed by atoms with Crippen molar-refractivity contribution in [1.29, 1.82) is 0 Å². The first-order valence-electron chi connectivity index (χ1n) is 5.21. The van der Waals surface area contributed by atoms with Gasteiger partial charge in [-0.1, -0.05) is 6.92 Å². The molecular weight excluding hydrogens is 164 g/mol. The van der Waals surface area contributed by atoms with Gasteiger partial charge in [0.15, 0.2) is 0 Å². The van der Waals surface area contributed by atoms with Crippen LogP contribution in [0.3, 0.4) is 0 Å². The zero-order chi connectivity index (χ0) is 9.68. The minimum absolute atomic E-state index is 0.216. The predicted octanol–water partition coefficient (Wildman–Crippen LogP) is 0.692. The number of nitrogens with zero attached hydrogens (tertiary/aromatic N) is 1. The van der Waals surface area contributed by atoms with Crippen molar-refractivity contribution in [2.75, 3.05) is 33.3 Å². The highest BCUT2D eigenvalue weighted by molar-refractivity contribution is 4.72. The molecule has 1 aliphatic heterocycles. The molecule has 0 aromatic heterocycles. The Hall–Kier alpha value is -0.120. The minimum atomic E-state index is 0.216. The van der Waals surface area contributed by atoms with Gasteiger partial charge in [0.25, 0.3) is 0 Å². The number of hydrogen-bond donors (Lipinski definition) is 1. The fourth-order valence-corrected chi connectivity index (χ4v) is 1.78. The van der Waals surface area contributed by atoms with Crippen LogP contribution in [0.1, 0.15) is 19.8 Å². The Kier molecular flexibility index (Phi) is 4.70. The Morgan fingerprint density at radius 3 is 2.54 bits per heavy atom. The smallest absolute Gasteiger partial charge is 0.0820 e. The number of hydrogen-bond acceptors (Lipinski definition) is 3. The van der Waals surface area contributed by atoms with E-state index in [4.69, 9.17) is 10.5 Å². The monoisotopic (exact) mass is 186 g/mol. The van der Waals surface area contributed by atoms with Gasteiger partial charge in [0.1, 0.15) is 0 Å². The third-order valence-corrected chi connectivity index (χ3v) is 2.93. The van der Waals surface area contributed by atoms with Crippen LogP contribution in [0.4, 0.5) is 0 Å². The van der Waals surface area contributed by atoms with E-state index in [-0.39, 0.29) is 6.10 Å². The molecule has 0 spiro atoms. The van der Waals surface area contributed by atoms with Gasteiger partial charge in [-0.05, 0) is 31.8 Å². The highest BCUT2D eigenvalue weighted by atomic mass is 16.5. The molecule has 0 radical (unpaired) electrons. The number of likely N-dealkylation sites (tertiary alicyclic amines) is 1. The number of methoxy groups -OCH3 is 1. The molecule has 1 aliphatic rings. The molecule has 0 saturated carbocycles. The van der Waals surface area contributed by atoms with Crippen LogP contribution in [-0.2, 0) is 4.74 Å². The summed E-state index contributed by atoms with van der Waals surface area (Å²) in [4.78, 5) is 2.46. The molecule has 1 unspecified atom stereocenters. The molecule has 1 fully saturated rings. The Bertz CT molecular complexity index is 129. The summed E-state index contributed by atoms with van der Waals surface area (Å²) < 4.78 is 5.26. The molecule has 13 heavy (non-hydrogen) atoms. The number of ether oxygens (including phenoxy) is 1. The number of nitrogens with two attached hydrogens (primary N) is 1. The fourth-order valence-electron chi connectivity index (χ4n) is 1.78. The van der Waals surface area contributed by atoms with Crippen molar-refractivity contribution >= 4 is 0 Å². The molecule has 1 heterocycles. The van der Waals surface area contributed by atoms with E-state index < -0.39 is 0 Å². The maximum absolute atomic E-state index is 5.58. The molecule has 2 N–H and O–H groups in total. The van der Waals surface area contributed by atoms with E-state index in [0.717, 1.165) is 12.5 Å². The molecule has 0 aromatic rings. The predicted molar refractivity (Wildman–Crippen MR) is 54.7 cm³/mol. The lowest BCUT2D eigenvalue weighted by molar-refractivity contribution is 0.0578. The fraction of sp³-hybridized carbons (Fsp3) is 1.00. The maximum atomic E-state index is 5.58. The SMILES string of the molecule is COC(CN)CN1CCC(C)CC1. The largest absolute Gasteiger partial charge is 0.379 e. The number of piperidine rings is 1. The second-order valence-corrected chi connectivity index (χ2v) is 4.08. The highest BCUT2D eigenvalue weighted by Crippen LogP contribution is 2.15. The van der Waals surface area contributed by atoms with Gasteiger partial charge in [0.2, 0.25) is 0 Å². The lowest BCUT2D eigenvalue weighted by Crippen LogP contribution is -2.41. The van der Waals surface area contributed by atoms with Crippen LogP contribution < -0.4 is 5.73 Å². The topological polar surface area (TPSA) is 38.5 Å². The van der Waals surface area contributed by atoms with Gasteiger partial charge in [0, 0.05) is 20.2 Å². The molecule has 1 saturated heterocycles. The number of rotatable bonds is 4. The summed E-state index contributed by atoms with van der Waals surface area (Å²) >= 11 is 0. The molecule has 1 rings (SSSR count). The molecular formula is C10H22N2O. The third kappa shape index (κ3) is 3.63. The van der Waals surface area contributed by atoms with Crippen LogP contribution in [-0.4, -0.2) is 44.3 Å². The van der Waals surface area contributed by atoms with Crippen molar-refractivity contribution in [1.82, 2.24) is 4.90 Å². The molecule has 0 aromatic carbocycles. The molecule has 78 valence electrons. The zero-order valence-electron chi connectivity index (χ0n) is 8.83. The van der Waals surface area contributed by atoms with Gasteiger partial charge in [-0.25, -0.2) is 0 Å². The molecule has 0 amide bonds. The van der Waals surface area contributed by atoms with Gasteiger partial charge in [-0.2, -0.15) is 0 Å². The molecule has 0 bridgehead atoms. The van der Waals surface area contributed by atoms with E-state index in [1.807, 2.05) is 0 Å². The Labute approximate surface area is 81.2 Å². The van der Waals surface area contributed by atoms with Gasteiger partial charge in [0.05, 0.1) is 6.10 Å². The van der Waals surface area contributed by atoms with E-state index >= 15 is 0 Å². The van der Waals surface area contributed by atoms with Gasteiger partial charge in [-0.15, -0.1) is 0 Å². The molecule has 3 heteroatoms. The summed E-state index contributed by atoms with van der Waals surface area (Å²) in [6.07, 6.45) is 2.86. The van der Waals surface area contributed by atoms with Crippen molar-refractivity contribution in [3.63, 3.8) is 0 Å². The molecule has 1 atom stereocenters. The van der Waals surface area contributed by atoms with Crippen LogP contribution in [0, 0.1) is 5.92 Å². The van der Waals surface area contributed by atoms with Crippen molar-refractivity contribution in [3.8, 4) is 0 Å². The van der Waals surface area contributed by atoms with Crippen LogP contribution in [0.2, 0.25) is 0 Å². The first kappa shape index (κ1) is 11.0. The van der Waals surface area contributed by atoms with Crippen LogP contribution >= 0.6 is 0 Å². The van der Waals surface area contributed by atoms with Gasteiger partial charge < -0.3 is 15.4 Å². The lowest BCUT2D eigenvalue weighted by Gasteiger charge is -2.32. The second kappa shape index (κ2) is 5.58. The summed E-state index contributed by atoms with van der Waals surface area (Å²) in [5.41, 5.74) is 5.58. The van der Waals surface area contributed by atoms with Crippen LogP contribution in [0.15, 0.2) is 0 Å². The van der Waals surface area contributed by atoms with Crippen molar-refractivity contribution in [2.24, 2.45) is 11.7 Å². The van der Waals surface area contributed by atoms with E-state index in [9.17, 15) is 0 Å². The van der Waals surface area contributed by atoms with E-state index in [0.29, 0.717) is 6.54 Å². The van der Waals surface area contributed by atoms with Crippen LogP contribution in [0.5, 0.6) is 0 Å². The average molecular weight is 186 g/mol. The first-order valence-corrected chi connectivity index (χ1v) is 5.21. The third-order valence-electron chi connectivity index (χ3n) is 2.93. The standard InChI is InChI=1S/C10H22N2O/c1-9-3-5-12(6-4-9)8-10(7-11)13-2/h9-10H,3-8,11H2,1-2H3. The summed E-state index contributed by atoms with van der Waals surface area (Å²) in [7, 11) is 1.74. The van der Waals surface area contributed by atoms with Crippen molar-refractivity contribution in [2.45, 2.75) is 25.9 Å². The highest BCUT2D eigenvalue weighted by Gasteiger charge is 2.18. The summed E-state index contributed by atoms with van der Waals surface area (Å²) in [5.74, 6) is 0.898. The maximum Gasteiger partial charge on any atom is 0.0820 e. The second-order valence-electron chi connectivity index (χ2n) is 4.08.